The normalized spacial score (nSPS) is 26.1. The molecule has 8 heteroatoms. The first-order chi connectivity index (χ1) is 14.0. The van der Waals surface area contributed by atoms with E-state index in [2.05, 4.69) is 32.4 Å². The number of hydrogen-bond donors (Lipinski definition) is 2. The lowest BCUT2D eigenvalue weighted by atomic mass is 9.88. The van der Waals surface area contributed by atoms with Crippen LogP contribution in [0.1, 0.15) is 23.5 Å². The largest absolute Gasteiger partial charge is 0.369 e. The number of allylic oxidation sites excluding steroid dienone is 1. The van der Waals surface area contributed by atoms with Crippen molar-refractivity contribution in [1.29, 1.82) is 0 Å². The van der Waals surface area contributed by atoms with Crippen LogP contribution in [0.5, 0.6) is 0 Å². The fraction of sp³-hybridized carbons (Fsp3) is 0.333. The van der Waals surface area contributed by atoms with E-state index in [-0.39, 0.29) is 36.1 Å². The van der Waals surface area contributed by atoms with Gasteiger partial charge in [-0.3, -0.25) is 9.79 Å². The van der Waals surface area contributed by atoms with Crippen LogP contribution in [0.25, 0.3) is 0 Å². The smallest absolute Gasteiger partial charge is 0.223 e. The van der Waals surface area contributed by atoms with Gasteiger partial charge in [0, 0.05) is 25.1 Å². The molecule has 29 heavy (non-hydrogen) atoms. The molecular weight excluding hydrogens is 376 g/mol. The molecule has 1 aromatic heterocycles. The van der Waals surface area contributed by atoms with Crippen molar-refractivity contribution in [3.8, 4) is 0 Å². The summed E-state index contributed by atoms with van der Waals surface area (Å²) < 4.78 is 26.8. The van der Waals surface area contributed by atoms with Crippen LogP contribution in [0.15, 0.2) is 35.3 Å². The molecule has 4 unspecified atom stereocenters. The summed E-state index contributed by atoms with van der Waals surface area (Å²) >= 11 is 0. The molecule has 2 aliphatic carbocycles. The minimum Gasteiger partial charge on any atom is -0.369 e. The Morgan fingerprint density at radius 1 is 1.17 bits per heavy atom. The van der Waals surface area contributed by atoms with Gasteiger partial charge in [-0.2, -0.15) is 0 Å². The molecule has 3 aliphatic rings. The molecule has 1 saturated carbocycles. The Morgan fingerprint density at radius 3 is 2.79 bits per heavy atom. The highest BCUT2D eigenvalue weighted by Crippen LogP contribution is 2.45. The highest BCUT2D eigenvalue weighted by atomic mass is 19.2. The van der Waals surface area contributed by atoms with Crippen molar-refractivity contribution in [2.24, 2.45) is 28.5 Å². The van der Waals surface area contributed by atoms with Crippen molar-refractivity contribution >= 4 is 23.6 Å². The molecule has 5 rings (SSSR count). The first-order valence-electron chi connectivity index (χ1n) is 9.60. The minimum absolute atomic E-state index is 0.145. The van der Waals surface area contributed by atoms with Crippen molar-refractivity contribution in [2.45, 2.75) is 25.3 Å². The second kappa shape index (κ2) is 6.72. The van der Waals surface area contributed by atoms with Gasteiger partial charge in [0.05, 0.1) is 11.6 Å². The zero-order chi connectivity index (χ0) is 20.1. The average molecular weight is 395 g/mol. The maximum atomic E-state index is 13.6. The monoisotopic (exact) mass is 395 g/mol. The summed E-state index contributed by atoms with van der Waals surface area (Å²) in [7, 11) is 0. The molecule has 148 valence electrons. The molecule has 1 aromatic carbocycles. The lowest BCUT2D eigenvalue weighted by Crippen LogP contribution is -2.41. The summed E-state index contributed by atoms with van der Waals surface area (Å²) in [6.07, 6.45) is 7.67. The van der Waals surface area contributed by atoms with Gasteiger partial charge in [0.2, 0.25) is 5.91 Å². The highest BCUT2D eigenvalue weighted by molar-refractivity contribution is 5.82. The second-order valence-corrected chi connectivity index (χ2v) is 7.77. The number of nitrogens with zero attached hydrogens (tertiary/aromatic N) is 3. The van der Waals surface area contributed by atoms with E-state index >= 15 is 0 Å². The number of carbonyl (C=O) groups is 1. The number of nitrogens with two attached hydrogens (primary N) is 1. The lowest BCUT2D eigenvalue weighted by Gasteiger charge is -2.27. The molecule has 1 fully saturated rings. The Kier molecular flexibility index (Phi) is 4.15. The summed E-state index contributed by atoms with van der Waals surface area (Å²) in [4.78, 5) is 25.5. The highest BCUT2D eigenvalue weighted by Gasteiger charge is 2.47. The van der Waals surface area contributed by atoms with Crippen LogP contribution < -0.4 is 11.1 Å². The van der Waals surface area contributed by atoms with Gasteiger partial charge in [-0.25, -0.2) is 18.7 Å². The number of hydrogen-bond acceptors (Lipinski definition) is 5. The maximum Gasteiger partial charge on any atom is 0.223 e. The van der Waals surface area contributed by atoms with Crippen LogP contribution in [-0.4, -0.2) is 28.1 Å². The molecule has 4 atom stereocenters. The molecule has 6 nitrogen and oxygen atoms in total. The summed E-state index contributed by atoms with van der Waals surface area (Å²) in [5.74, 6) is -1.01. The number of fused-ring (bicyclic) bond motifs is 3. The van der Waals surface area contributed by atoms with Crippen molar-refractivity contribution in [2.75, 3.05) is 5.32 Å². The van der Waals surface area contributed by atoms with Gasteiger partial charge in [-0.1, -0.05) is 18.2 Å². The summed E-state index contributed by atoms with van der Waals surface area (Å²) in [6, 6.07) is 3.62. The quantitative estimate of drug-likeness (QED) is 0.762. The average Bonchev–Trinajstić information content (AvgIpc) is 3.40. The van der Waals surface area contributed by atoms with E-state index in [0.717, 1.165) is 24.2 Å². The van der Waals surface area contributed by atoms with Gasteiger partial charge in [-0.15, -0.1) is 0 Å². The first-order valence-corrected chi connectivity index (χ1v) is 9.60. The van der Waals surface area contributed by atoms with Crippen molar-refractivity contribution < 1.29 is 13.6 Å². The molecule has 0 radical (unpaired) electrons. The van der Waals surface area contributed by atoms with Gasteiger partial charge >= 0.3 is 0 Å². The van der Waals surface area contributed by atoms with Gasteiger partial charge in [0.15, 0.2) is 17.5 Å². The summed E-state index contributed by atoms with van der Waals surface area (Å²) in [5.41, 5.74) is 7.67. The summed E-state index contributed by atoms with van der Waals surface area (Å²) in [6.45, 7) is 0. The number of primary amides is 1. The third-order valence-electron chi connectivity index (χ3n) is 5.94. The molecule has 0 spiro atoms. The van der Waals surface area contributed by atoms with E-state index in [9.17, 15) is 13.6 Å². The van der Waals surface area contributed by atoms with Crippen LogP contribution >= 0.6 is 0 Å². The number of aromatic nitrogens is 2. The predicted octanol–water partition coefficient (Wildman–Crippen LogP) is 2.69. The van der Waals surface area contributed by atoms with Crippen molar-refractivity contribution in [1.82, 2.24) is 9.97 Å². The zero-order valence-corrected chi connectivity index (χ0v) is 15.5. The van der Waals surface area contributed by atoms with Crippen LogP contribution in [0.2, 0.25) is 0 Å². The fourth-order valence-electron chi connectivity index (χ4n) is 4.63. The molecule has 2 aromatic rings. The van der Waals surface area contributed by atoms with E-state index in [4.69, 9.17) is 5.73 Å². The molecule has 1 amide bonds. The molecule has 0 saturated heterocycles. The fourth-order valence-corrected chi connectivity index (χ4v) is 4.63. The Morgan fingerprint density at radius 2 is 2.00 bits per heavy atom. The number of halogens is 2. The van der Waals surface area contributed by atoms with E-state index in [0.29, 0.717) is 29.3 Å². The van der Waals surface area contributed by atoms with Gasteiger partial charge < -0.3 is 11.1 Å². The number of amides is 1. The van der Waals surface area contributed by atoms with E-state index < -0.39 is 11.6 Å². The third-order valence-corrected chi connectivity index (χ3v) is 5.94. The standard InChI is InChI=1S/C21H19F2N5O/c22-13-4-1-10(7-14(13)23)8-16-26-15-5-6-25-19(15)21(27-16)28-18-12-3-2-11(9-12)17(18)20(24)29/h1-4,6-7,11-12,17-18H,5,8-9H2,(H2,24,29)(H,26,27,28). The van der Waals surface area contributed by atoms with Crippen molar-refractivity contribution in [3.05, 3.63) is 59.1 Å². The first kappa shape index (κ1) is 17.9. The number of nitrogens with one attached hydrogen (secondary N) is 1. The van der Waals surface area contributed by atoms with Crippen LogP contribution in [0.3, 0.4) is 0 Å². The number of rotatable bonds is 5. The summed E-state index contributed by atoms with van der Waals surface area (Å²) in [5, 5.41) is 3.40. The predicted molar refractivity (Wildman–Crippen MR) is 104 cm³/mol. The van der Waals surface area contributed by atoms with Crippen LogP contribution in [0.4, 0.5) is 20.3 Å². The van der Waals surface area contributed by atoms with Crippen LogP contribution in [0, 0.1) is 29.4 Å². The van der Waals surface area contributed by atoms with Gasteiger partial charge in [0.1, 0.15) is 11.5 Å². The number of anilines is 1. The SMILES string of the molecule is NC(=O)C1C2C=CC(C2)C1Nc1nc(Cc2ccc(F)c(F)c2)nc2c1N=CC2. The van der Waals surface area contributed by atoms with E-state index in [1.54, 1.807) is 6.21 Å². The molecule has 2 heterocycles. The van der Waals surface area contributed by atoms with Crippen LogP contribution in [-0.2, 0) is 17.6 Å². The van der Waals surface area contributed by atoms with E-state index in [1.165, 1.54) is 6.07 Å². The molecule has 1 aliphatic heterocycles. The third kappa shape index (κ3) is 3.08. The zero-order valence-electron chi connectivity index (χ0n) is 15.5. The maximum absolute atomic E-state index is 13.6. The Hall–Kier alpha value is -3.16. The number of carbonyl (C=O) groups excluding carboxylic acids is 1. The molecule has 3 N–H and O–H groups in total. The Bertz CT molecular complexity index is 1070. The molecule has 2 bridgehead atoms. The lowest BCUT2D eigenvalue weighted by molar-refractivity contribution is -0.122. The molecular formula is C21H19F2N5O. The topological polar surface area (TPSA) is 93.3 Å². The van der Waals surface area contributed by atoms with Crippen molar-refractivity contribution in [3.63, 3.8) is 0 Å². The Labute approximate surface area is 166 Å². The Balaban J connectivity index is 1.46. The second-order valence-electron chi connectivity index (χ2n) is 7.77. The minimum atomic E-state index is -0.900. The van der Waals surface area contributed by atoms with Gasteiger partial charge in [0.25, 0.3) is 0 Å². The van der Waals surface area contributed by atoms with E-state index in [1.807, 2.05) is 0 Å². The van der Waals surface area contributed by atoms with Gasteiger partial charge in [-0.05, 0) is 36.0 Å². The number of benzene rings is 1. The number of aliphatic imine (C=N–C) groups is 1.